The van der Waals surface area contributed by atoms with Gasteiger partial charge in [0, 0.05) is 12.6 Å². The highest BCUT2D eigenvalue weighted by Crippen LogP contribution is 2.35. The number of imidazole rings is 1. The van der Waals surface area contributed by atoms with Crippen LogP contribution in [-0.4, -0.2) is 21.6 Å². The highest BCUT2D eigenvalue weighted by atomic mass is 79.9. The van der Waals surface area contributed by atoms with Crippen LogP contribution in [0.3, 0.4) is 0 Å². The number of fused-ring (bicyclic) bond motifs is 1. The average Bonchev–Trinajstić information content (AvgIpc) is 2.71. The molecule has 0 fully saturated rings. The van der Waals surface area contributed by atoms with E-state index in [-0.39, 0.29) is 5.91 Å². The molecule has 3 rings (SSSR count). The third-order valence-electron chi connectivity index (χ3n) is 3.05. The summed E-state index contributed by atoms with van der Waals surface area (Å²) in [4.78, 5) is 15.9. The number of hydrogen-bond acceptors (Lipinski definition) is 3. The van der Waals surface area contributed by atoms with E-state index >= 15 is 0 Å². The van der Waals surface area contributed by atoms with Crippen LogP contribution in [0.1, 0.15) is 6.92 Å². The number of carbonyl (C=O) groups is 1. The molecular weight excluding hydrogens is 310 g/mol. The molecule has 0 bridgehead atoms. The van der Waals surface area contributed by atoms with Crippen LogP contribution in [0.15, 0.2) is 29.1 Å². The molecule has 1 atom stereocenters. The van der Waals surface area contributed by atoms with Crippen LogP contribution in [0.4, 0.5) is 5.69 Å². The van der Waals surface area contributed by atoms with Gasteiger partial charge in [-0.15, -0.1) is 0 Å². The van der Waals surface area contributed by atoms with Crippen LogP contribution in [0.2, 0.25) is 0 Å². The number of halogens is 1. The van der Waals surface area contributed by atoms with Crippen molar-refractivity contribution in [2.75, 3.05) is 5.32 Å². The van der Waals surface area contributed by atoms with E-state index in [4.69, 9.17) is 4.74 Å². The summed E-state index contributed by atoms with van der Waals surface area (Å²) in [6.07, 6.45) is 1.27. The van der Waals surface area contributed by atoms with Gasteiger partial charge < -0.3 is 14.6 Å². The summed E-state index contributed by atoms with van der Waals surface area (Å²) in [5, 5.41) is 2.83. The smallest absolute Gasteiger partial charge is 0.265 e. The molecule has 19 heavy (non-hydrogen) atoms. The quantitative estimate of drug-likeness (QED) is 0.878. The molecule has 2 aromatic rings. The van der Waals surface area contributed by atoms with Gasteiger partial charge >= 0.3 is 0 Å². The van der Waals surface area contributed by atoms with Crippen LogP contribution in [0, 0.1) is 0 Å². The predicted octanol–water partition coefficient (Wildman–Crippen LogP) is 2.57. The molecule has 2 heterocycles. The zero-order valence-electron chi connectivity index (χ0n) is 10.5. The molecule has 0 radical (unpaired) electrons. The second kappa shape index (κ2) is 4.38. The zero-order chi connectivity index (χ0) is 13.6. The van der Waals surface area contributed by atoms with E-state index in [9.17, 15) is 4.79 Å². The summed E-state index contributed by atoms with van der Waals surface area (Å²) in [5.41, 5.74) is 2.43. The van der Waals surface area contributed by atoms with E-state index in [1.54, 1.807) is 13.3 Å². The lowest BCUT2D eigenvalue weighted by Gasteiger charge is -2.23. The zero-order valence-corrected chi connectivity index (χ0v) is 12.1. The Kier molecular flexibility index (Phi) is 2.82. The fraction of sp³-hybridized carbons (Fsp3) is 0.231. The third-order valence-corrected chi connectivity index (χ3v) is 3.98. The number of benzene rings is 1. The highest BCUT2D eigenvalue weighted by Gasteiger charge is 2.24. The fourth-order valence-electron chi connectivity index (χ4n) is 1.97. The lowest BCUT2D eigenvalue weighted by Crippen LogP contribution is -2.34. The number of amides is 1. The largest absolute Gasteiger partial charge is 0.479 e. The van der Waals surface area contributed by atoms with E-state index < -0.39 is 6.10 Å². The molecule has 1 aromatic heterocycles. The normalized spacial score (nSPS) is 17.6. The van der Waals surface area contributed by atoms with Crippen molar-refractivity contribution in [1.29, 1.82) is 0 Å². The first-order valence-electron chi connectivity index (χ1n) is 5.85. The average molecular weight is 322 g/mol. The summed E-state index contributed by atoms with van der Waals surface area (Å²) in [5.74, 6) is 0.549. The Morgan fingerprint density at radius 2 is 2.26 bits per heavy atom. The van der Waals surface area contributed by atoms with Crippen molar-refractivity contribution in [2.24, 2.45) is 7.05 Å². The summed E-state index contributed by atoms with van der Waals surface area (Å²) >= 11 is 3.49. The van der Waals surface area contributed by atoms with Crippen molar-refractivity contribution in [2.45, 2.75) is 13.0 Å². The molecule has 0 saturated carbocycles. The van der Waals surface area contributed by atoms with Crippen molar-refractivity contribution in [3.05, 3.63) is 29.1 Å². The molecule has 98 valence electrons. The molecule has 1 aliphatic rings. The predicted molar refractivity (Wildman–Crippen MR) is 75.1 cm³/mol. The van der Waals surface area contributed by atoms with Crippen molar-refractivity contribution >= 4 is 27.5 Å². The lowest BCUT2D eigenvalue weighted by atomic mass is 10.1. The van der Waals surface area contributed by atoms with Crippen LogP contribution in [0.5, 0.6) is 5.75 Å². The van der Waals surface area contributed by atoms with Crippen LogP contribution < -0.4 is 10.1 Å². The Labute approximate surface area is 118 Å². The van der Waals surface area contributed by atoms with Gasteiger partial charge in [0.15, 0.2) is 6.10 Å². The standard InChI is InChI=1S/C13H12BrN3O2/c1-7-13(18)16-9-5-8(3-4-10(9)19-7)11-12(14)17(2)6-15-11/h3-7H,1-2H3,(H,16,18). The molecular formula is C13H12BrN3O2. The number of rotatable bonds is 1. The SMILES string of the molecule is CC1Oc2ccc(-c3ncn(C)c3Br)cc2NC1=O. The van der Waals surface area contributed by atoms with Gasteiger partial charge in [-0.2, -0.15) is 0 Å². The maximum absolute atomic E-state index is 11.6. The van der Waals surface area contributed by atoms with Gasteiger partial charge in [-0.3, -0.25) is 4.79 Å². The molecule has 6 heteroatoms. The van der Waals surface area contributed by atoms with Gasteiger partial charge in [-0.1, -0.05) is 0 Å². The first kappa shape index (κ1) is 12.2. The molecule has 1 N–H and O–H groups in total. The van der Waals surface area contributed by atoms with Gasteiger partial charge in [0.25, 0.3) is 5.91 Å². The summed E-state index contributed by atoms with van der Waals surface area (Å²) < 4.78 is 8.29. The lowest BCUT2D eigenvalue weighted by molar-refractivity contribution is -0.122. The monoisotopic (exact) mass is 321 g/mol. The van der Waals surface area contributed by atoms with Gasteiger partial charge in [-0.05, 0) is 41.1 Å². The van der Waals surface area contributed by atoms with Gasteiger partial charge in [0.1, 0.15) is 16.0 Å². The van der Waals surface area contributed by atoms with Crippen molar-refractivity contribution in [1.82, 2.24) is 9.55 Å². The Balaban J connectivity index is 2.05. The first-order chi connectivity index (χ1) is 9.06. The van der Waals surface area contributed by atoms with E-state index in [0.29, 0.717) is 11.4 Å². The number of carbonyl (C=O) groups excluding carboxylic acids is 1. The molecule has 1 unspecified atom stereocenters. The second-order valence-electron chi connectivity index (χ2n) is 4.46. The molecule has 0 spiro atoms. The molecule has 1 aromatic carbocycles. The number of nitrogens with zero attached hydrogens (tertiary/aromatic N) is 2. The summed E-state index contributed by atoms with van der Waals surface area (Å²) in [7, 11) is 1.91. The number of aryl methyl sites for hydroxylation is 1. The maximum atomic E-state index is 11.6. The van der Waals surface area contributed by atoms with Crippen molar-refractivity contribution in [3.63, 3.8) is 0 Å². The Morgan fingerprint density at radius 3 is 2.95 bits per heavy atom. The molecule has 0 aliphatic carbocycles. The fourth-order valence-corrected chi connectivity index (χ4v) is 2.39. The first-order valence-corrected chi connectivity index (χ1v) is 6.64. The number of ether oxygens (including phenoxy) is 1. The van der Waals surface area contributed by atoms with Crippen molar-refractivity contribution < 1.29 is 9.53 Å². The summed E-state index contributed by atoms with van der Waals surface area (Å²) in [6.45, 7) is 1.72. The van der Waals surface area contributed by atoms with E-state index in [1.807, 2.05) is 29.8 Å². The number of hydrogen-bond donors (Lipinski definition) is 1. The number of anilines is 1. The minimum Gasteiger partial charge on any atom is -0.479 e. The number of nitrogens with one attached hydrogen (secondary N) is 1. The number of aromatic nitrogens is 2. The molecule has 1 amide bonds. The third kappa shape index (κ3) is 2.02. The van der Waals surface area contributed by atoms with Crippen molar-refractivity contribution in [3.8, 4) is 17.0 Å². The summed E-state index contributed by atoms with van der Waals surface area (Å²) in [6, 6.07) is 5.64. The Morgan fingerprint density at radius 1 is 1.47 bits per heavy atom. The molecule has 0 saturated heterocycles. The van der Waals surface area contributed by atoms with E-state index in [0.717, 1.165) is 15.9 Å². The molecule has 5 nitrogen and oxygen atoms in total. The van der Waals surface area contributed by atoms with Gasteiger partial charge in [0.2, 0.25) is 0 Å². The second-order valence-corrected chi connectivity index (χ2v) is 5.21. The van der Waals surface area contributed by atoms with Gasteiger partial charge in [0.05, 0.1) is 12.0 Å². The van der Waals surface area contributed by atoms with Crippen LogP contribution in [-0.2, 0) is 11.8 Å². The minimum atomic E-state index is -0.458. The van der Waals surface area contributed by atoms with Crippen LogP contribution >= 0.6 is 15.9 Å². The van der Waals surface area contributed by atoms with E-state index in [2.05, 4.69) is 26.2 Å². The van der Waals surface area contributed by atoms with Gasteiger partial charge in [-0.25, -0.2) is 4.98 Å². The van der Waals surface area contributed by atoms with E-state index in [1.165, 1.54) is 0 Å². The Hall–Kier alpha value is -1.82. The highest BCUT2D eigenvalue weighted by molar-refractivity contribution is 9.10. The Bertz CT molecular complexity index is 666. The van der Waals surface area contributed by atoms with Crippen LogP contribution in [0.25, 0.3) is 11.3 Å². The minimum absolute atomic E-state index is 0.135. The molecule has 1 aliphatic heterocycles. The maximum Gasteiger partial charge on any atom is 0.265 e. The topological polar surface area (TPSA) is 56.1 Å².